The number of amides is 1. The molecular formula is C19H19BrN4O2. The van der Waals surface area contributed by atoms with Gasteiger partial charge in [0, 0.05) is 23.6 Å². The van der Waals surface area contributed by atoms with Gasteiger partial charge in [-0.1, -0.05) is 24.3 Å². The van der Waals surface area contributed by atoms with Crippen molar-refractivity contribution in [1.29, 1.82) is 0 Å². The van der Waals surface area contributed by atoms with E-state index in [1.807, 2.05) is 55.6 Å². The van der Waals surface area contributed by atoms with Crippen LogP contribution in [0, 0.1) is 0 Å². The Morgan fingerprint density at radius 3 is 2.54 bits per heavy atom. The first kappa shape index (κ1) is 18.3. The molecule has 0 atom stereocenters. The Hall–Kier alpha value is -2.51. The van der Waals surface area contributed by atoms with Gasteiger partial charge in [0.2, 0.25) is 11.8 Å². The van der Waals surface area contributed by atoms with Crippen molar-refractivity contribution in [2.45, 2.75) is 13.1 Å². The molecule has 7 heteroatoms. The highest BCUT2D eigenvalue weighted by Crippen LogP contribution is 2.26. The van der Waals surface area contributed by atoms with Crippen LogP contribution < -0.4 is 5.32 Å². The molecule has 1 heterocycles. The predicted molar refractivity (Wildman–Crippen MR) is 102 cm³/mol. The monoisotopic (exact) mass is 414 g/mol. The summed E-state index contributed by atoms with van der Waals surface area (Å²) in [5.74, 6) is 0.964. The van der Waals surface area contributed by atoms with Crippen molar-refractivity contribution < 1.29 is 9.21 Å². The fraction of sp³-hybridized carbons (Fsp3) is 0.211. The molecule has 0 saturated carbocycles. The molecule has 0 spiro atoms. The van der Waals surface area contributed by atoms with Crippen LogP contribution in [-0.2, 0) is 13.1 Å². The Morgan fingerprint density at radius 2 is 1.85 bits per heavy atom. The maximum atomic E-state index is 11.6. The molecule has 134 valence electrons. The second kappa shape index (κ2) is 8.25. The highest BCUT2D eigenvalue weighted by molar-refractivity contribution is 9.10. The molecule has 0 saturated heterocycles. The number of nitrogens with one attached hydrogen (secondary N) is 1. The predicted octanol–water partition coefficient (Wildman–Crippen LogP) is 3.49. The van der Waals surface area contributed by atoms with Crippen LogP contribution in [0.3, 0.4) is 0 Å². The first-order valence-electron chi connectivity index (χ1n) is 8.13. The van der Waals surface area contributed by atoms with Crippen molar-refractivity contribution in [3.8, 4) is 11.5 Å². The van der Waals surface area contributed by atoms with E-state index in [1.165, 1.54) is 0 Å². The lowest BCUT2D eigenvalue weighted by molar-refractivity contribution is 0.0963. The molecule has 0 unspecified atom stereocenters. The third-order valence-electron chi connectivity index (χ3n) is 3.87. The minimum atomic E-state index is -0.0876. The maximum Gasteiger partial charge on any atom is 0.251 e. The molecule has 3 aromatic rings. The van der Waals surface area contributed by atoms with Crippen LogP contribution in [0.2, 0.25) is 0 Å². The van der Waals surface area contributed by atoms with Crippen LogP contribution in [-0.4, -0.2) is 35.1 Å². The van der Waals surface area contributed by atoms with Gasteiger partial charge in [-0.2, -0.15) is 0 Å². The molecule has 1 N–H and O–H groups in total. The number of nitrogens with zero attached hydrogens (tertiary/aromatic N) is 3. The van der Waals surface area contributed by atoms with E-state index in [0.29, 0.717) is 30.4 Å². The minimum absolute atomic E-state index is 0.0876. The van der Waals surface area contributed by atoms with Crippen molar-refractivity contribution in [1.82, 2.24) is 20.4 Å². The molecular weight excluding hydrogens is 396 g/mol. The van der Waals surface area contributed by atoms with E-state index in [9.17, 15) is 4.79 Å². The van der Waals surface area contributed by atoms with Crippen molar-refractivity contribution in [3.63, 3.8) is 0 Å². The molecule has 2 aromatic carbocycles. The van der Waals surface area contributed by atoms with Gasteiger partial charge in [0.1, 0.15) is 0 Å². The van der Waals surface area contributed by atoms with E-state index in [4.69, 9.17) is 4.42 Å². The number of aromatic nitrogens is 2. The minimum Gasteiger partial charge on any atom is -0.419 e. The topological polar surface area (TPSA) is 71.3 Å². The van der Waals surface area contributed by atoms with E-state index >= 15 is 0 Å². The summed E-state index contributed by atoms with van der Waals surface area (Å²) in [5.41, 5.74) is 2.62. The Bertz CT molecular complexity index is 893. The van der Waals surface area contributed by atoms with Gasteiger partial charge in [-0.3, -0.25) is 9.69 Å². The smallest absolute Gasteiger partial charge is 0.251 e. The van der Waals surface area contributed by atoms with Gasteiger partial charge in [0.25, 0.3) is 5.91 Å². The summed E-state index contributed by atoms with van der Waals surface area (Å²) in [5, 5.41) is 10.9. The standard InChI is InChI=1S/C19H19BrN4O2/c1-21-18(25)14-9-7-13(8-10-14)11-24(2)12-17-22-23-19(26-17)15-5-3-4-6-16(15)20/h3-10H,11-12H2,1-2H3,(H,21,25). The van der Waals surface area contributed by atoms with E-state index in [0.717, 1.165) is 15.6 Å². The van der Waals surface area contributed by atoms with Crippen LogP contribution in [0.5, 0.6) is 0 Å². The average molecular weight is 415 g/mol. The van der Waals surface area contributed by atoms with E-state index in [1.54, 1.807) is 7.05 Å². The quantitative estimate of drug-likeness (QED) is 0.668. The average Bonchev–Trinajstić information content (AvgIpc) is 3.10. The SMILES string of the molecule is CNC(=O)c1ccc(CN(C)Cc2nnc(-c3ccccc3Br)o2)cc1. The normalized spacial score (nSPS) is 10.9. The Balaban J connectivity index is 1.63. The summed E-state index contributed by atoms with van der Waals surface area (Å²) in [6.07, 6.45) is 0. The molecule has 1 aromatic heterocycles. The summed E-state index contributed by atoms with van der Waals surface area (Å²) >= 11 is 3.49. The Morgan fingerprint density at radius 1 is 1.12 bits per heavy atom. The Kier molecular flexibility index (Phi) is 5.80. The lowest BCUT2D eigenvalue weighted by Gasteiger charge is -2.14. The lowest BCUT2D eigenvalue weighted by atomic mass is 10.1. The summed E-state index contributed by atoms with van der Waals surface area (Å²) in [7, 11) is 3.60. The number of carbonyl (C=O) groups excluding carboxylic acids is 1. The van der Waals surface area contributed by atoms with Gasteiger partial charge in [-0.05, 0) is 52.8 Å². The molecule has 0 fully saturated rings. The summed E-state index contributed by atoms with van der Waals surface area (Å²) in [6.45, 7) is 1.25. The van der Waals surface area contributed by atoms with E-state index in [-0.39, 0.29) is 5.91 Å². The van der Waals surface area contributed by atoms with Gasteiger partial charge in [0.15, 0.2) is 0 Å². The maximum absolute atomic E-state index is 11.6. The Labute approximate surface area is 160 Å². The second-order valence-electron chi connectivity index (χ2n) is 5.93. The van der Waals surface area contributed by atoms with Gasteiger partial charge in [-0.15, -0.1) is 10.2 Å². The summed E-state index contributed by atoms with van der Waals surface area (Å²) in [4.78, 5) is 13.7. The first-order chi connectivity index (χ1) is 12.6. The number of hydrogen-bond donors (Lipinski definition) is 1. The summed E-state index contributed by atoms with van der Waals surface area (Å²) in [6, 6.07) is 15.3. The third kappa shape index (κ3) is 4.36. The van der Waals surface area contributed by atoms with Crippen molar-refractivity contribution in [2.75, 3.05) is 14.1 Å². The molecule has 0 bridgehead atoms. The molecule has 3 rings (SSSR count). The number of carbonyl (C=O) groups is 1. The van der Waals surface area contributed by atoms with Crippen molar-refractivity contribution in [2.24, 2.45) is 0 Å². The van der Waals surface area contributed by atoms with Gasteiger partial charge in [0.05, 0.1) is 12.1 Å². The number of halogens is 1. The highest BCUT2D eigenvalue weighted by atomic mass is 79.9. The highest BCUT2D eigenvalue weighted by Gasteiger charge is 2.13. The lowest BCUT2D eigenvalue weighted by Crippen LogP contribution is -2.19. The first-order valence-corrected chi connectivity index (χ1v) is 8.93. The molecule has 0 aliphatic carbocycles. The second-order valence-corrected chi connectivity index (χ2v) is 6.78. The van der Waals surface area contributed by atoms with Crippen LogP contribution in [0.1, 0.15) is 21.8 Å². The zero-order valence-corrected chi connectivity index (χ0v) is 16.2. The van der Waals surface area contributed by atoms with Gasteiger partial charge < -0.3 is 9.73 Å². The van der Waals surface area contributed by atoms with E-state index in [2.05, 4.69) is 36.3 Å². The molecule has 26 heavy (non-hydrogen) atoms. The van der Waals surface area contributed by atoms with Crippen molar-refractivity contribution >= 4 is 21.8 Å². The molecule has 6 nitrogen and oxygen atoms in total. The summed E-state index contributed by atoms with van der Waals surface area (Å²) < 4.78 is 6.69. The molecule has 0 aliphatic heterocycles. The van der Waals surface area contributed by atoms with Gasteiger partial charge in [-0.25, -0.2) is 0 Å². The largest absolute Gasteiger partial charge is 0.419 e. The van der Waals surface area contributed by atoms with Crippen LogP contribution in [0.15, 0.2) is 57.4 Å². The van der Waals surface area contributed by atoms with Crippen LogP contribution >= 0.6 is 15.9 Å². The van der Waals surface area contributed by atoms with E-state index < -0.39 is 0 Å². The third-order valence-corrected chi connectivity index (χ3v) is 4.56. The fourth-order valence-corrected chi connectivity index (χ4v) is 3.02. The van der Waals surface area contributed by atoms with Crippen molar-refractivity contribution in [3.05, 3.63) is 70.0 Å². The fourth-order valence-electron chi connectivity index (χ4n) is 2.57. The van der Waals surface area contributed by atoms with Crippen LogP contribution in [0.25, 0.3) is 11.5 Å². The number of hydrogen-bond acceptors (Lipinski definition) is 5. The number of benzene rings is 2. The molecule has 1 amide bonds. The molecule has 0 aliphatic rings. The zero-order chi connectivity index (χ0) is 18.5. The molecule has 0 radical (unpaired) electrons. The zero-order valence-electron chi connectivity index (χ0n) is 14.6. The number of rotatable bonds is 6. The van der Waals surface area contributed by atoms with Gasteiger partial charge >= 0.3 is 0 Å². The van der Waals surface area contributed by atoms with Crippen LogP contribution in [0.4, 0.5) is 0 Å².